The number of halogens is 1. The Kier molecular flexibility index (Phi) is 7.03. The number of hydrogen-bond donors (Lipinski definition) is 1. The minimum absolute atomic E-state index is 0.0784. The minimum atomic E-state index is -0.692. The van der Waals surface area contributed by atoms with E-state index in [-0.39, 0.29) is 11.3 Å². The first-order valence-electron chi connectivity index (χ1n) is 10.2. The van der Waals surface area contributed by atoms with Crippen LogP contribution in [0.3, 0.4) is 0 Å². The second-order valence-electron chi connectivity index (χ2n) is 7.76. The van der Waals surface area contributed by atoms with E-state index in [4.69, 9.17) is 16.3 Å². The summed E-state index contributed by atoms with van der Waals surface area (Å²) in [6.45, 7) is 5.23. The van der Waals surface area contributed by atoms with Crippen molar-refractivity contribution in [3.63, 3.8) is 0 Å². The molecule has 1 unspecified atom stereocenters. The fourth-order valence-corrected chi connectivity index (χ4v) is 3.81. The van der Waals surface area contributed by atoms with Crippen LogP contribution >= 0.6 is 11.6 Å². The number of aliphatic hydroxyl groups excluding tert-OH is 1. The van der Waals surface area contributed by atoms with Gasteiger partial charge >= 0.3 is 0 Å². The van der Waals surface area contributed by atoms with Gasteiger partial charge in [-0.3, -0.25) is 9.59 Å². The topological polar surface area (TPSA) is 70.1 Å². The quantitative estimate of drug-likeness (QED) is 0.398. The lowest BCUT2D eigenvalue weighted by atomic mass is 9.95. The average molecular weight is 443 g/mol. The maximum atomic E-state index is 13.0. The molecule has 2 aromatic rings. The van der Waals surface area contributed by atoms with Crippen LogP contribution in [0.4, 0.5) is 0 Å². The summed E-state index contributed by atoms with van der Waals surface area (Å²) in [7, 11) is 3.80. The monoisotopic (exact) mass is 442 g/mol. The van der Waals surface area contributed by atoms with Gasteiger partial charge in [-0.2, -0.15) is 0 Å². The highest BCUT2D eigenvalue weighted by Crippen LogP contribution is 2.40. The van der Waals surface area contributed by atoms with Crippen LogP contribution in [0, 0.1) is 6.92 Å². The zero-order valence-corrected chi connectivity index (χ0v) is 18.9. The summed E-state index contributed by atoms with van der Waals surface area (Å²) in [6, 6.07) is 11.5. The van der Waals surface area contributed by atoms with Crippen LogP contribution in [-0.4, -0.2) is 60.4 Å². The van der Waals surface area contributed by atoms with E-state index in [9.17, 15) is 14.7 Å². The van der Waals surface area contributed by atoms with Crippen LogP contribution in [0.5, 0.6) is 5.75 Å². The van der Waals surface area contributed by atoms with Crippen LogP contribution < -0.4 is 4.74 Å². The number of nitrogens with zero attached hydrogens (tertiary/aromatic N) is 2. The largest absolute Gasteiger partial charge is 0.507 e. The van der Waals surface area contributed by atoms with Crippen molar-refractivity contribution in [1.82, 2.24) is 9.80 Å². The number of rotatable bonds is 7. The Morgan fingerprint density at radius 2 is 1.84 bits per heavy atom. The number of likely N-dealkylation sites (tertiary alicyclic amines) is 1. The summed E-state index contributed by atoms with van der Waals surface area (Å²) < 4.78 is 5.56. The number of amides is 1. The summed E-state index contributed by atoms with van der Waals surface area (Å²) in [4.78, 5) is 29.3. The molecule has 1 aliphatic heterocycles. The predicted octanol–water partition coefficient (Wildman–Crippen LogP) is 4.03. The van der Waals surface area contributed by atoms with Gasteiger partial charge in [-0.05, 0) is 69.4 Å². The first-order valence-corrected chi connectivity index (χ1v) is 10.5. The van der Waals surface area contributed by atoms with Gasteiger partial charge in [0.05, 0.1) is 18.2 Å². The third kappa shape index (κ3) is 4.75. The Labute approximate surface area is 187 Å². The second-order valence-corrected chi connectivity index (χ2v) is 8.20. The molecule has 0 radical (unpaired) electrons. The number of benzene rings is 2. The van der Waals surface area contributed by atoms with Crippen LogP contribution in [0.1, 0.15) is 29.7 Å². The predicted molar refractivity (Wildman–Crippen MR) is 121 cm³/mol. The number of aliphatic hydroxyl groups is 1. The van der Waals surface area contributed by atoms with Crippen LogP contribution in [0.15, 0.2) is 48.0 Å². The average Bonchev–Trinajstić information content (AvgIpc) is 2.98. The Hall–Kier alpha value is -2.83. The van der Waals surface area contributed by atoms with E-state index < -0.39 is 17.7 Å². The molecule has 0 bridgehead atoms. The molecule has 1 fully saturated rings. The maximum Gasteiger partial charge on any atom is 0.295 e. The molecule has 1 heterocycles. The van der Waals surface area contributed by atoms with E-state index in [1.54, 1.807) is 42.5 Å². The number of carbonyl (C=O) groups excluding carboxylic acids is 2. The van der Waals surface area contributed by atoms with Crippen LogP contribution in [-0.2, 0) is 9.59 Å². The number of carbonyl (C=O) groups is 2. The number of Topliss-reactive ketones (excluding diaryl/α,β-unsaturated/α-hetero) is 1. The Morgan fingerprint density at radius 3 is 2.42 bits per heavy atom. The Balaban J connectivity index is 2.12. The third-order valence-electron chi connectivity index (χ3n) is 5.26. The lowest BCUT2D eigenvalue weighted by Crippen LogP contribution is -2.35. The van der Waals surface area contributed by atoms with Gasteiger partial charge in [-0.15, -0.1) is 0 Å². The summed E-state index contributed by atoms with van der Waals surface area (Å²) in [5.74, 6) is -0.801. The van der Waals surface area contributed by atoms with Gasteiger partial charge in [0.15, 0.2) is 0 Å². The van der Waals surface area contributed by atoms with Gasteiger partial charge in [-0.1, -0.05) is 23.7 Å². The molecule has 0 saturated carbocycles. The van der Waals surface area contributed by atoms with Gasteiger partial charge in [0.1, 0.15) is 11.5 Å². The molecule has 1 saturated heterocycles. The number of likely N-dealkylation sites (N-methyl/N-ethyl adjacent to an activating group) is 1. The number of ketones is 1. The molecule has 6 nitrogen and oxygen atoms in total. The highest BCUT2D eigenvalue weighted by Gasteiger charge is 2.45. The minimum Gasteiger partial charge on any atom is -0.507 e. The molecule has 2 aromatic carbocycles. The van der Waals surface area contributed by atoms with E-state index in [0.29, 0.717) is 41.6 Å². The molecule has 0 spiro atoms. The molecule has 1 N–H and O–H groups in total. The van der Waals surface area contributed by atoms with E-state index >= 15 is 0 Å². The molecular weight excluding hydrogens is 416 g/mol. The standard InChI is InChI=1S/C24H27ClN2O4/c1-5-31-19-11-8-17(14-15(19)2)22(28)20-21(16-6-9-18(25)10-7-16)27(13-12-26(3)4)24(30)23(20)29/h6-11,14,21,28H,5,12-13H2,1-4H3/b22-20+. The molecule has 7 heteroatoms. The van der Waals surface area contributed by atoms with Crippen molar-refractivity contribution in [2.45, 2.75) is 19.9 Å². The number of ether oxygens (including phenoxy) is 1. The molecule has 31 heavy (non-hydrogen) atoms. The second kappa shape index (κ2) is 9.54. The lowest BCUT2D eigenvalue weighted by Gasteiger charge is -2.26. The van der Waals surface area contributed by atoms with Crippen LogP contribution in [0.2, 0.25) is 5.02 Å². The van der Waals surface area contributed by atoms with Crippen molar-refractivity contribution >= 4 is 29.1 Å². The fourth-order valence-electron chi connectivity index (χ4n) is 3.68. The van der Waals surface area contributed by atoms with E-state index in [1.807, 2.05) is 32.8 Å². The Bertz CT molecular complexity index is 1010. The molecule has 3 rings (SSSR count). The first-order chi connectivity index (χ1) is 14.7. The van der Waals surface area contributed by atoms with Crippen molar-refractivity contribution < 1.29 is 19.4 Å². The highest BCUT2D eigenvalue weighted by molar-refractivity contribution is 6.46. The SMILES string of the molecule is CCOc1ccc(/C(O)=C2\C(=O)C(=O)N(CCN(C)C)C2c2ccc(Cl)cc2)cc1C. The van der Waals surface area contributed by atoms with Gasteiger partial charge < -0.3 is 19.6 Å². The number of hydrogen-bond acceptors (Lipinski definition) is 5. The normalized spacial score (nSPS) is 18.1. The molecule has 1 atom stereocenters. The van der Waals surface area contributed by atoms with Crippen molar-refractivity contribution in [2.24, 2.45) is 0 Å². The molecule has 1 aliphatic rings. The molecular formula is C24H27ClN2O4. The zero-order chi connectivity index (χ0) is 22.7. The molecule has 0 aliphatic carbocycles. The first kappa shape index (κ1) is 22.8. The lowest BCUT2D eigenvalue weighted by molar-refractivity contribution is -0.140. The van der Waals surface area contributed by atoms with Gasteiger partial charge in [-0.25, -0.2) is 0 Å². The fraction of sp³-hybridized carbons (Fsp3) is 0.333. The van der Waals surface area contributed by atoms with Crippen LogP contribution in [0.25, 0.3) is 5.76 Å². The summed E-state index contributed by atoms with van der Waals surface area (Å²) in [5, 5.41) is 11.7. The van der Waals surface area contributed by atoms with Crippen molar-refractivity contribution in [2.75, 3.05) is 33.8 Å². The maximum absolute atomic E-state index is 13.0. The zero-order valence-electron chi connectivity index (χ0n) is 18.2. The summed E-state index contributed by atoms with van der Waals surface area (Å²) in [6.07, 6.45) is 0. The van der Waals surface area contributed by atoms with Crippen molar-refractivity contribution in [1.29, 1.82) is 0 Å². The van der Waals surface area contributed by atoms with Crippen molar-refractivity contribution in [3.05, 3.63) is 69.8 Å². The molecule has 0 aromatic heterocycles. The summed E-state index contributed by atoms with van der Waals surface area (Å²) in [5.41, 5.74) is 2.09. The summed E-state index contributed by atoms with van der Waals surface area (Å²) >= 11 is 6.04. The molecule has 164 valence electrons. The third-order valence-corrected chi connectivity index (χ3v) is 5.51. The van der Waals surface area contributed by atoms with Gasteiger partial charge in [0.25, 0.3) is 11.7 Å². The smallest absolute Gasteiger partial charge is 0.295 e. The molecule has 1 amide bonds. The van der Waals surface area contributed by atoms with Gasteiger partial charge in [0, 0.05) is 23.7 Å². The highest BCUT2D eigenvalue weighted by atomic mass is 35.5. The van der Waals surface area contributed by atoms with E-state index in [2.05, 4.69) is 0 Å². The van der Waals surface area contributed by atoms with Gasteiger partial charge in [0.2, 0.25) is 0 Å². The Morgan fingerprint density at radius 1 is 1.16 bits per heavy atom. The van der Waals surface area contributed by atoms with Crippen molar-refractivity contribution in [3.8, 4) is 5.75 Å². The van der Waals surface area contributed by atoms with E-state index in [0.717, 1.165) is 5.56 Å². The number of aryl methyl sites for hydroxylation is 1. The van der Waals surface area contributed by atoms with E-state index in [1.165, 1.54) is 4.90 Å².